The lowest BCUT2D eigenvalue weighted by Crippen LogP contribution is -2.51. The number of nitrogens with two attached hydrogens (primary N) is 1. The predicted octanol–water partition coefficient (Wildman–Crippen LogP) is 7.39. The maximum Gasteiger partial charge on any atom is 0.262 e. The quantitative estimate of drug-likeness (QED) is 0.343. The van der Waals surface area contributed by atoms with Crippen LogP contribution in [0.2, 0.25) is 5.02 Å². The molecule has 8 rings (SSSR count). The van der Waals surface area contributed by atoms with Crippen molar-refractivity contribution in [3.8, 4) is 0 Å². The van der Waals surface area contributed by atoms with E-state index in [1.807, 2.05) is 32.2 Å². The molecule has 9 nitrogen and oxygen atoms in total. The number of likely N-dealkylation sites (N-methyl/N-ethyl adjacent to an activating group) is 2. The maximum atomic E-state index is 13.4. The van der Waals surface area contributed by atoms with E-state index >= 15 is 0 Å². The van der Waals surface area contributed by atoms with Crippen LogP contribution < -0.4 is 5.73 Å². The van der Waals surface area contributed by atoms with Gasteiger partial charge >= 0.3 is 0 Å². The highest BCUT2D eigenvalue weighted by atomic mass is 79.9. The summed E-state index contributed by atoms with van der Waals surface area (Å²) in [4.78, 5) is 39.7. The number of ether oxygens (including phenoxy) is 2. The number of aliphatic imine (C=N–C) groups is 2. The van der Waals surface area contributed by atoms with Crippen molar-refractivity contribution in [1.29, 1.82) is 0 Å². The van der Waals surface area contributed by atoms with Crippen LogP contribution in [0.15, 0.2) is 50.9 Å². The molecule has 2 aromatic carbocycles. The average Bonchev–Trinajstić information content (AvgIpc) is 3.68. The highest BCUT2D eigenvalue weighted by Crippen LogP contribution is 2.63. The molecule has 11 heteroatoms. The van der Waals surface area contributed by atoms with E-state index in [1.54, 1.807) is 26.2 Å². The lowest BCUT2D eigenvalue weighted by atomic mass is 9.61. The Morgan fingerprint density at radius 1 is 0.780 bits per heavy atom. The second-order valence-corrected chi connectivity index (χ2v) is 16.0. The number of hydrogen-bond acceptors (Lipinski definition) is 7. The molecule has 0 bridgehead atoms. The summed E-state index contributed by atoms with van der Waals surface area (Å²) in [5, 5.41) is 0.631. The van der Waals surface area contributed by atoms with Crippen LogP contribution in [0.25, 0.3) is 0 Å². The smallest absolute Gasteiger partial charge is 0.262 e. The number of halogens is 2. The zero-order valence-corrected chi connectivity index (χ0v) is 30.8. The molecule has 0 aromatic heterocycles. The van der Waals surface area contributed by atoms with Crippen LogP contribution >= 0.6 is 27.5 Å². The van der Waals surface area contributed by atoms with Crippen molar-refractivity contribution in [3.05, 3.63) is 68.1 Å². The minimum absolute atomic E-state index is 0. The fraction of sp³-hybridized carbons (Fsp3) is 0.590. The van der Waals surface area contributed by atoms with E-state index in [0.717, 1.165) is 91.2 Å². The van der Waals surface area contributed by atoms with Gasteiger partial charge in [0.2, 0.25) is 0 Å². The summed E-state index contributed by atoms with van der Waals surface area (Å²) in [6.07, 6.45) is 9.97. The Balaban J connectivity index is 0.000000187. The molecule has 2 N–H and O–H groups in total. The van der Waals surface area contributed by atoms with Gasteiger partial charge in [0.05, 0.1) is 12.2 Å². The molecule has 2 fully saturated rings. The lowest BCUT2D eigenvalue weighted by Gasteiger charge is -2.45. The number of amidine groups is 1. The summed E-state index contributed by atoms with van der Waals surface area (Å²) in [5.74, 6) is 1.21. The third kappa shape index (κ3) is 5.29. The molecule has 6 aliphatic rings. The Bertz CT molecular complexity index is 1610. The molecule has 2 amide bonds. The second-order valence-electron chi connectivity index (χ2n) is 14.7. The number of methoxy groups -OCH3 is 2. The predicted molar refractivity (Wildman–Crippen MR) is 203 cm³/mol. The van der Waals surface area contributed by atoms with Gasteiger partial charge < -0.3 is 20.1 Å². The highest BCUT2D eigenvalue weighted by Gasteiger charge is 2.67. The fourth-order valence-corrected chi connectivity index (χ4v) is 10.4. The zero-order valence-electron chi connectivity index (χ0n) is 28.4. The van der Waals surface area contributed by atoms with Crippen molar-refractivity contribution >= 4 is 51.1 Å². The maximum absolute atomic E-state index is 13.4. The van der Waals surface area contributed by atoms with Crippen LogP contribution in [0, 0.1) is 10.8 Å². The van der Waals surface area contributed by atoms with Gasteiger partial charge in [-0.2, -0.15) is 0 Å². The van der Waals surface area contributed by atoms with Crippen molar-refractivity contribution < 1.29 is 19.1 Å². The molecule has 0 radical (unpaired) electrons. The standard InChI is InChI=1S/C19H23BrN2O2.C18H22ClN3O2.2CH4/c1-12-21-19(17(23)22(12)2)16-10-14(20)5-4-13(16)11-18(19)8-6-15(24-3)7-9-18;1-22-15(23)18(21-16(22)20)14-9-12(19)4-3-11(14)10-17(18)7-5-13(24-2)6-8-17;;/h4-5,10,15H,6-9,11H2,1-3H3;3-4,9,13H,5-8,10H2,1-2H3,(H2,20,21);2*1H4. The lowest BCUT2D eigenvalue weighted by molar-refractivity contribution is -0.138. The van der Waals surface area contributed by atoms with Crippen molar-refractivity contribution in [1.82, 2.24) is 9.80 Å². The normalized spacial score (nSPS) is 33.6. The Kier molecular flexibility index (Phi) is 10.5. The van der Waals surface area contributed by atoms with E-state index < -0.39 is 11.1 Å². The van der Waals surface area contributed by atoms with E-state index in [1.165, 1.54) is 10.5 Å². The van der Waals surface area contributed by atoms with E-state index in [-0.39, 0.29) is 43.6 Å². The highest BCUT2D eigenvalue weighted by molar-refractivity contribution is 9.10. The third-order valence-corrected chi connectivity index (χ3v) is 13.4. The Labute approximate surface area is 311 Å². The molecule has 4 spiro atoms. The van der Waals surface area contributed by atoms with Crippen LogP contribution in [0.5, 0.6) is 0 Å². The van der Waals surface area contributed by atoms with Crippen molar-refractivity contribution in [2.24, 2.45) is 26.5 Å². The summed E-state index contributed by atoms with van der Waals surface area (Å²) in [6.45, 7) is 1.94. The molecule has 2 atom stereocenters. The minimum atomic E-state index is -0.926. The van der Waals surface area contributed by atoms with Gasteiger partial charge in [-0.3, -0.25) is 19.5 Å². The number of hydrogen-bond donors (Lipinski definition) is 1. The molecular formula is C39H53BrClN5O4. The molecule has 2 aliphatic heterocycles. The number of amides is 2. The Morgan fingerprint density at radius 2 is 1.24 bits per heavy atom. The van der Waals surface area contributed by atoms with E-state index in [4.69, 9.17) is 36.8 Å². The van der Waals surface area contributed by atoms with Crippen molar-refractivity contribution in [3.63, 3.8) is 0 Å². The first-order valence-corrected chi connectivity index (χ1v) is 18.2. The molecule has 2 heterocycles. The summed E-state index contributed by atoms with van der Waals surface area (Å²) in [7, 11) is 7.09. The molecular weight excluding hydrogens is 718 g/mol. The van der Waals surface area contributed by atoms with Gasteiger partial charge in [-0.05, 0) is 118 Å². The molecule has 2 unspecified atom stereocenters. The Morgan fingerprint density at radius 3 is 1.68 bits per heavy atom. The molecule has 0 saturated heterocycles. The fourth-order valence-electron chi connectivity index (χ4n) is 9.91. The largest absolute Gasteiger partial charge is 0.381 e. The molecule has 2 saturated carbocycles. The van der Waals surface area contributed by atoms with Gasteiger partial charge in [0.25, 0.3) is 11.8 Å². The summed E-state index contributed by atoms with van der Waals surface area (Å²) in [6, 6.07) is 12.2. The topological polar surface area (TPSA) is 110 Å². The third-order valence-electron chi connectivity index (χ3n) is 12.6. The monoisotopic (exact) mass is 769 g/mol. The van der Waals surface area contributed by atoms with E-state index in [0.29, 0.717) is 17.1 Å². The first-order valence-electron chi connectivity index (χ1n) is 17.0. The summed E-state index contributed by atoms with van der Waals surface area (Å²) in [5.41, 5.74) is 8.50. The van der Waals surface area contributed by atoms with E-state index in [2.05, 4.69) is 34.1 Å². The minimum Gasteiger partial charge on any atom is -0.381 e. The number of benzene rings is 2. The molecule has 272 valence electrons. The number of carbonyl (C=O) groups is 2. The zero-order chi connectivity index (χ0) is 34.2. The average molecular weight is 771 g/mol. The van der Waals surface area contributed by atoms with Crippen LogP contribution in [0.4, 0.5) is 0 Å². The van der Waals surface area contributed by atoms with Gasteiger partial charge in [0.15, 0.2) is 17.0 Å². The molecule has 4 aliphatic carbocycles. The van der Waals surface area contributed by atoms with Crippen molar-refractivity contribution in [2.75, 3.05) is 28.3 Å². The number of rotatable bonds is 2. The van der Waals surface area contributed by atoms with Crippen LogP contribution in [-0.2, 0) is 43.0 Å². The van der Waals surface area contributed by atoms with Gasteiger partial charge in [0, 0.05) is 48.6 Å². The van der Waals surface area contributed by atoms with Gasteiger partial charge in [0.1, 0.15) is 5.84 Å². The van der Waals surface area contributed by atoms with Gasteiger partial charge in [-0.15, -0.1) is 0 Å². The number of fused-ring (bicyclic) bond motifs is 6. The SMILES string of the molecule is C.C.COC1CCC2(CC1)Cc1ccc(Br)cc1C21N=C(C)N(C)C1=O.COC1CCC2(CC1)Cc1ccc(Cl)cc1C21N=C(N)N(C)C1=O. The first kappa shape index (κ1) is 38.4. The van der Waals surface area contributed by atoms with Crippen molar-refractivity contribution in [2.45, 2.75) is 109 Å². The number of carbonyl (C=O) groups excluding carboxylic acids is 2. The van der Waals surface area contributed by atoms with Crippen LogP contribution in [0.3, 0.4) is 0 Å². The number of nitrogens with zero attached hydrogens (tertiary/aromatic N) is 4. The van der Waals surface area contributed by atoms with Crippen LogP contribution in [0.1, 0.15) is 95.4 Å². The molecule has 50 heavy (non-hydrogen) atoms. The Hall–Kier alpha value is -2.79. The van der Waals surface area contributed by atoms with E-state index in [9.17, 15) is 9.59 Å². The molecule has 2 aromatic rings. The first-order chi connectivity index (χ1) is 22.9. The summed E-state index contributed by atoms with van der Waals surface area (Å²) >= 11 is 9.84. The summed E-state index contributed by atoms with van der Waals surface area (Å²) < 4.78 is 12.1. The van der Waals surface area contributed by atoms with Gasteiger partial charge in [-0.25, -0.2) is 4.99 Å². The van der Waals surface area contributed by atoms with Crippen LogP contribution in [-0.4, -0.2) is 73.9 Å². The van der Waals surface area contributed by atoms with Gasteiger partial charge in [-0.1, -0.05) is 54.5 Å². The number of guanidine groups is 1. The second kappa shape index (κ2) is 13.6.